The van der Waals surface area contributed by atoms with Crippen molar-refractivity contribution in [2.45, 2.75) is 39.8 Å². The molecule has 0 radical (unpaired) electrons. The van der Waals surface area contributed by atoms with Crippen molar-refractivity contribution in [1.82, 2.24) is 20.3 Å². The van der Waals surface area contributed by atoms with E-state index in [0.29, 0.717) is 29.2 Å². The molecule has 2 heterocycles. The molecule has 0 saturated heterocycles. The van der Waals surface area contributed by atoms with E-state index in [2.05, 4.69) is 20.3 Å². The van der Waals surface area contributed by atoms with Gasteiger partial charge in [-0.3, -0.25) is 14.6 Å². The molecule has 0 aliphatic rings. The Morgan fingerprint density at radius 2 is 1.97 bits per heavy atom. The summed E-state index contributed by atoms with van der Waals surface area (Å²) in [6.07, 6.45) is 3.36. The Bertz CT molecular complexity index is 1030. The fraction of sp³-hybridized carbons (Fsp3) is 0.273. The number of carbonyl (C=O) groups is 1. The summed E-state index contributed by atoms with van der Waals surface area (Å²) < 4.78 is 5.61. The second-order valence-corrected chi connectivity index (χ2v) is 6.98. The Morgan fingerprint density at radius 3 is 2.59 bits per heavy atom. The number of aromatic nitrogens is 3. The first-order valence-corrected chi connectivity index (χ1v) is 9.45. The second kappa shape index (κ2) is 9.14. The van der Waals surface area contributed by atoms with Gasteiger partial charge in [0.25, 0.3) is 5.56 Å². The van der Waals surface area contributed by atoms with E-state index in [-0.39, 0.29) is 24.0 Å². The van der Waals surface area contributed by atoms with Gasteiger partial charge < -0.3 is 15.0 Å². The van der Waals surface area contributed by atoms with E-state index in [9.17, 15) is 9.59 Å². The zero-order chi connectivity index (χ0) is 20.8. The summed E-state index contributed by atoms with van der Waals surface area (Å²) in [5.74, 6) is 0.988. The van der Waals surface area contributed by atoms with Gasteiger partial charge in [-0.05, 0) is 50.6 Å². The van der Waals surface area contributed by atoms with Gasteiger partial charge in [-0.2, -0.15) is 0 Å². The standard InChI is InChI=1S/C22H24N4O3/c1-14(2)29-18-8-6-16(7-9-18)12-24-20(27)11-19-15(3)25-21(26-22(19)28)17-5-4-10-23-13-17/h4-10,13-14H,11-12H2,1-3H3,(H,24,27)(H,25,26,28). The summed E-state index contributed by atoms with van der Waals surface area (Å²) in [6.45, 7) is 6.04. The number of benzene rings is 1. The fourth-order valence-corrected chi connectivity index (χ4v) is 2.84. The summed E-state index contributed by atoms with van der Waals surface area (Å²) in [5.41, 5.74) is 2.23. The third kappa shape index (κ3) is 5.51. The average molecular weight is 392 g/mol. The minimum Gasteiger partial charge on any atom is -0.491 e. The SMILES string of the molecule is Cc1nc(-c2cccnc2)[nH]c(=O)c1CC(=O)NCc1ccc(OC(C)C)cc1. The highest BCUT2D eigenvalue weighted by atomic mass is 16.5. The number of nitrogens with one attached hydrogen (secondary N) is 2. The van der Waals surface area contributed by atoms with Crippen molar-refractivity contribution in [3.8, 4) is 17.1 Å². The zero-order valence-electron chi connectivity index (χ0n) is 16.7. The van der Waals surface area contributed by atoms with Crippen LogP contribution in [0.1, 0.15) is 30.7 Å². The quantitative estimate of drug-likeness (QED) is 0.644. The van der Waals surface area contributed by atoms with E-state index in [1.807, 2.05) is 44.2 Å². The van der Waals surface area contributed by atoms with Crippen molar-refractivity contribution in [3.05, 3.63) is 76.0 Å². The first-order valence-electron chi connectivity index (χ1n) is 9.45. The van der Waals surface area contributed by atoms with Crippen LogP contribution in [-0.2, 0) is 17.8 Å². The monoisotopic (exact) mass is 392 g/mol. The molecule has 150 valence electrons. The predicted octanol–water partition coefficient (Wildman–Crippen LogP) is 2.79. The third-order valence-electron chi connectivity index (χ3n) is 4.28. The van der Waals surface area contributed by atoms with E-state index >= 15 is 0 Å². The Morgan fingerprint density at radius 1 is 1.21 bits per heavy atom. The molecular formula is C22H24N4O3. The lowest BCUT2D eigenvalue weighted by molar-refractivity contribution is -0.120. The smallest absolute Gasteiger partial charge is 0.255 e. The molecule has 0 aliphatic carbocycles. The molecular weight excluding hydrogens is 368 g/mol. The summed E-state index contributed by atoms with van der Waals surface area (Å²) in [7, 11) is 0. The number of aryl methyl sites for hydroxylation is 1. The number of aromatic amines is 1. The van der Waals surface area contributed by atoms with Crippen molar-refractivity contribution >= 4 is 5.91 Å². The van der Waals surface area contributed by atoms with Crippen molar-refractivity contribution in [3.63, 3.8) is 0 Å². The molecule has 0 atom stereocenters. The second-order valence-electron chi connectivity index (χ2n) is 6.98. The molecule has 0 unspecified atom stereocenters. The van der Waals surface area contributed by atoms with Crippen LogP contribution in [0.2, 0.25) is 0 Å². The van der Waals surface area contributed by atoms with Crippen LogP contribution in [0.25, 0.3) is 11.4 Å². The molecule has 0 bridgehead atoms. The Labute approximate surface area is 169 Å². The molecule has 3 aromatic rings. The highest BCUT2D eigenvalue weighted by Gasteiger charge is 2.13. The van der Waals surface area contributed by atoms with E-state index in [4.69, 9.17) is 4.74 Å². The molecule has 0 fully saturated rings. The van der Waals surface area contributed by atoms with Crippen molar-refractivity contribution in [2.75, 3.05) is 0 Å². The van der Waals surface area contributed by atoms with E-state index < -0.39 is 0 Å². The molecule has 1 amide bonds. The van der Waals surface area contributed by atoms with Crippen LogP contribution in [0.3, 0.4) is 0 Å². The highest BCUT2D eigenvalue weighted by Crippen LogP contribution is 2.14. The van der Waals surface area contributed by atoms with Crippen molar-refractivity contribution in [1.29, 1.82) is 0 Å². The van der Waals surface area contributed by atoms with Crippen LogP contribution >= 0.6 is 0 Å². The van der Waals surface area contributed by atoms with Gasteiger partial charge in [0, 0.05) is 35.8 Å². The van der Waals surface area contributed by atoms with Gasteiger partial charge in [-0.1, -0.05) is 12.1 Å². The minimum absolute atomic E-state index is 0.0317. The van der Waals surface area contributed by atoms with Crippen LogP contribution in [0.15, 0.2) is 53.6 Å². The molecule has 2 N–H and O–H groups in total. The summed E-state index contributed by atoms with van der Waals surface area (Å²) in [5, 5.41) is 2.84. The lowest BCUT2D eigenvalue weighted by atomic mass is 10.1. The maximum atomic E-state index is 12.5. The molecule has 7 nitrogen and oxygen atoms in total. The molecule has 1 aromatic carbocycles. The normalized spacial score (nSPS) is 10.8. The largest absolute Gasteiger partial charge is 0.491 e. The zero-order valence-corrected chi connectivity index (χ0v) is 16.7. The first-order chi connectivity index (χ1) is 13.9. The lowest BCUT2D eigenvalue weighted by Gasteiger charge is -2.11. The van der Waals surface area contributed by atoms with Gasteiger partial charge in [-0.15, -0.1) is 0 Å². The van der Waals surface area contributed by atoms with Crippen molar-refractivity contribution in [2.24, 2.45) is 0 Å². The van der Waals surface area contributed by atoms with Crippen LogP contribution in [0.5, 0.6) is 5.75 Å². The number of rotatable bonds is 7. The van der Waals surface area contributed by atoms with Gasteiger partial charge in [0.15, 0.2) is 0 Å². The van der Waals surface area contributed by atoms with Crippen LogP contribution in [-0.4, -0.2) is 27.0 Å². The number of H-pyrrole nitrogens is 1. The van der Waals surface area contributed by atoms with Gasteiger partial charge in [0.05, 0.1) is 12.5 Å². The highest BCUT2D eigenvalue weighted by molar-refractivity contribution is 5.78. The Balaban J connectivity index is 1.62. The molecule has 2 aromatic heterocycles. The maximum absolute atomic E-state index is 12.5. The first kappa shape index (κ1) is 20.3. The Hall–Kier alpha value is -3.48. The molecule has 0 saturated carbocycles. The maximum Gasteiger partial charge on any atom is 0.255 e. The van der Waals surface area contributed by atoms with Gasteiger partial charge in [0.1, 0.15) is 11.6 Å². The number of nitrogens with zero attached hydrogens (tertiary/aromatic N) is 2. The number of pyridine rings is 1. The Kier molecular flexibility index (Phi) is 6.39. The average Bonchev–Trinajstić information content (AvgIpc) is 2.70. The van der Waals surface area contributed by atoms with Crippen LogP contribution in [0.4, 0.5) is 0 Å². The van der Waals surface area contributed by atoms with E-state index in [0.717, 1.165) is 11.3 Å². The van der Waals surface area contributed by atoms with E-state index in [1.54, 1.807) is 25.4 Å². The number of carbonyl (C=O) groups excluding carboxylic acids is 1. The topological polar surface area (TPSA) is 97.0 Å². The molecule has 7 heteroatoms. The number of hydrogen-bond acceptors (Lipinski definition) is 5. The number of hydrogen-bond donors (Lipinski definition) is 2. The van der Waals surface area contributed by atoms with Crippen LogP contribution in [0, 0.1) is 6.92 Å². The predicted molar refractivity (Wildman–Crippen MR) is 111 cm³/mol. The van der Waals surface area contributed by atoms with Crippen LogP contribution < -0.4 is 15.6 Å². The summed E-state index contributed by atoms with van der Waals surface area (Å²) in [6, 6.07) is 11.1. The molecule has 29 heavy (non-hydrogen) atoms. The fourth-order valence-electron chi connectivity index (χ4n) is 2.84. The number of amides is 1. The van der Waals surface area contributed by atoms with Gasteiger partial charge in [-0.25, -0.2) is 4.98 Å². The molecule has 0 aliphatic heterocycles. The van der Waals surface area contributed by atoms with Gasteiger partial charge in [0.2, 0.25) is 5.91 Å². The summed E-state index contributed by atoms with van der Waals surface area (Å²) in [4.78, 5) is 36.0. The molecule has 0 spiro atoms. The number of ether oxygens (including phenoxy) is 1. The lowest BCUT2D eigenvalue weighted by Crippen LogP contribution is -2.28. The molecule has 3 rings (SSSR count). The van der Waals surface area contributed by atoms with E-state index in [1.165, 1.54) is 0 Å². The minimum atomic E-state index is -0.318. The third-order valence-corrected chi connectivity index (χ3v) is 4.28. The van der Waals surface area contributed by atoms with Gasteiger partial charge >= 0.3 is 0 Å². The summed E-state index contributed by atoms with van der Waals surface area (Å²) >= 11 is 0. The van der Waals surface area contributed by atoms with Crippen molar-refractivity contribution < 1.29 is 9.53 Å².